The third kappa shape index (κ3) is 4.93. The first-order valence-corrected chi connectivity index (χ1v) is 8.55. The highest BCUT2D eigenvalue weighted by Gasteiger charge is 2.07. The molecule has 5 nitrogen and oxygen atoms in total. The molecule has 0 saturated carbocycles. The predicted molar refractivity (Wildman–Crippen MR) is 105 cm³/mol. The maximum Gasteiger partial charge on any atom is 0.272 e. The molecule has 0 radical (unpaired) electrons. The Bertz CT molecular complexity index is 1020. The van der Waals surface area contributed by atoms with Crippen LogP contribution in [0.2, 0.25) is 0 Å². The second-order valence-electron chi connectivity index (χ2n) is 5.67. The van der Waals surface area contributed by atoms with Gasteiger partial charge in [0.15, 0.2) is 0 Å². The van der Waals surface area contributed by atoms with Gasteiger partial charge in [-0.15, -0.1) is 6.58 Å². The molecular weight excluding hydrogens is 338 g/mol. The maximum absolute atomic E-state index is 12.1. The zero-order valence-electron chi connectivity index (χ0n) is 14.8. The van der Waals surface area contributed by atoms with Crippen LogP contribution in [-0.4, -0.2) is 29.0 Å². The molecule has 27 heavy (non-hydrogen) atoms. The zero-order chi connectivity index (χ0) is 18.9. The normalized spacial score (nSPS) is 9.93. The quantitative estimate of drug-likeness (QED) is 0.544. The summed E-state index contributed by atoms with van der Waals surface area (Å²) in [6, 6.07) is 15.2. The first-order chi connectivity index (χ1) is 13.3. The number of ether oxygens (including phenoxy) is 1. The lowest BCUT2D eigenvalue weighted by Crippen LogP contribution is -2.24. The summed E-state index contributed by atoms with van der Waals surface area (Å²) in [4.78, 5) is 20.7. The van der Waals surface area contributed by atoms with Gasteiger partial charge in [0.25, 0.3) is 5.91 Å². The lowest BCUT2D eigenvalue weighted by molar-refractivity contribution is 0.0953. The van der Waals surface area contributed by atoms with E-state index in [1.165, 1.54) is 6.20 Å². The van der Waals surface area contributed by atoms with Crippen molar-refractivity contribution in [3.8, 4) is 17.6 Å². The molecule has 0 atom stereocenters. The monoisotopic (exact) mass is 357 g/mol. The van der Waals surface area contributed by atoms with E-state index in [9.17, 15) is 4.79 Å². The summed E-state index contributed by atoms with van der Waals surface area (Å²) in [5.74, 6) is 6.25. The SMILES string of the molecule is C=CCc1ccccc1OCC#CCNC(=O)c1cnc2ccccc2n1. The highest BCUT2D eigenvalue weighted by molar-refractivity contribution is 5.93. The van der Waals surface area contributed by atoms with Gasteiger partial charge in [-0.2, -0.15) is 0 Å². The molecule has 2 aromatic carbocycles. The first kappa shape index (κ1) is 18.2. The maximum atomic E-state index is 12.1. The van der Waals surface area contributed by atoms with Gasteiger partial charge >= 0.3 is 0 Å². The van der Waals surface area contributed by atoms with Crippen molar-refractivity contribution in [2.24, 2.45) is 0 Å². The molecule has 1 aromatic heterocycles. The van der Waals surface area contributed by atoms with Crippen LogP contribution >= 0.6 is 0 Å². The van der Waals surface area contributed by atoms with E-state index in [0.29, 0.717) is 5.52 Å². The number of aromatic nitrogens is 2. The Morgan fingerprint density at radius 1 is 1.11 bits per heavy atom. The minimum absolute atomic E-state index is 0.213. The third-order valence-corrected chi connectivity index (χ3v) is 3.78. The number of benzene rings is 2. The topological polar surface area (TPSA) is 64.1 Å². The van der Waals surface area contributed by atoms with Gasteiger partial charge in [-0.1, -0.05) is 48.2 Å². The van der Waals surface area contributed by atoms with Crippen LogP contribution < -0.4 is 10.1 Å². The number of carbonyl (C=O) groups is 1. The second-order valence-corrected chi connectivity index (χ2v) is 5.67. The smallest absolute Gasteiger partial charge is 0.272 e. The number of hydrogen-bond acceptors (Lipinski definition) is 4. The van der Waals surface area contributed by atoms with Crippen LogP contribution in [0.1, 0.15) is 16.1 Å². The Kier molecular flexibility index (Phi) is 6.16. The van der Waals surface area contributed by atoms with Crippen LogP contribution in [0.4, 0.5) is 0 Å². The molecule has 134 valence electrons. The molecule has 0 saturated heterocycles. The van der Waals surface area contributed by atoms with Crippen LogP contribution in [0.5, 0.6) is 5.75 Å². The van der Waals surface area contributed by atoms with Gasteiger partial charge < -0.3 is 10.1 Å². The Hall–Kier alpha value is -3.65. The summed E-state index contributed by atoms with van der Waals surface area (Å²) in [5, 5.41) is 2.71. The number of amides is 1. The molecule has 5 heteroatoms. The average molecular weight is 357 g/mol. The standard InChI is InChI=1S/C22H19N3O2/c1-2-9-17-10-3-6-13-21(17)27-15-8-7-14-23-22(26)20-16-24-18-11-4-5-12-19(18)25-20/h2-6,10-13,16H,1,9,14-15H2,(H,23,26). The first-order valence-electron chi connectivity index (χ1n) is 8.55. The van der Waals surface area contributed by atoms with Crippen molar-refractivity contribution >= 4 is 16.9 Å². The molecule has 0 spiro atoms. The van der Waals surface area contributed by atoms with E-state index in [-0.39, 0.29) is 24.8 Å². The van der Waals surface area contributed by atoms with Gasteiger partial charge in [0, 0.05) is 0 Å². The minimum Gasteiger partial charge on any atom is -0.481 e. The minimum atomic E-state index is -0.306. The van der Waals surface area contributed by atoms with Gasteiger partial charge in [-0.25, -0.2) is 4.98 Å². The lowest BCUT2D eigenvalue weighted by Gasteiger charge is -2.07. The fourth-order valence-corrected chi connectivity index (χ4v) is 2.48. The molecule has 0 aliphatic rings. The molecule has 1 amide bonds. The molecule has 0 bridgehead atoms. The molecule has 0 aliphatic heterocycles. The van der Waals surface area contributed by atoms with Crippen LogP contribution in [-0.2, 0) is 6.42 Å². The van der Waals surface area contributed by atoms with Gasteiger partial charge in [0.1, 0.15) is 18.1 Å². The molecule has 0 aliphatic carbocycles. The number of carbonyl (C=O) groups excluding carboxylic acids is 1. The van der Waals surface area contributed by atoms with E-state index in [1.807, 2.05) is 54.6 Å². The number of fused-ring (bicyclic) bond motifs is 1. The van der Waals surface area contributed by atoms with E-state index in [4.69, 9.17) is 4.74 Å². The van der Waals surface area contributed by atoms with Crippen molar-refractivity contribution in [1.29, 1.82) is 0 Å². The van der Waals surface area contributed by atoms with Crippen LogP contribution in [0, 0.1) is 11.8 Å². The van der Waals surface area contributed by atoms with Gasteiger partial charge in [0.05, 0.1) is 23.8 Å². The number of hydrogen-bond donors (Lipinski definition) is 1. The average Bonchev–Trinajstić information content (AvgIpc) is 2.71. The molecular formula is C22H19N3O2. The Labute approximate surface area is 158 Å². The highest BCUT2D eigenvalue weighted by atomic mass is 16.5. The van der Waals surface area contributed by atoms with Crippen molar-refractivity contribution in [3.63, 3.8) is 0 Å². The van der Waals surface area contributed by atoms with Crippen LogP contribution in [0.3, 0.4) is 0 Å². The van der Waals surface area contributed by atoms with Crippen LogP contribution in [0.15, 0.2) is 67.4 Å². The van der Waals surface area contributed by atoms with Crippen molar-refractivity contribution in [2.45, 2.75) is 6.42 Å². The summed E-state index contributed by atoms with van der Waals surface area (Å²) in [6.07, 6.45) is 4.04. The summed E-state index contributed by atoms with van der Waals surface area (Å²) < 4.78 is 5.67. The summed E-state index contributed by atoms with van der Waals surface area (Å²) in [6.45, 7) is 4.21. The van der Waals surface area contributed by atoms with E-state index >= 15 is 0 Å². The predicted octanol–water partition coefficient (Wildman–Crippen LogP) is 3.17. The largest absolute Gasteiger partial charge is 0.481 e. The summed E-state index contributed by atoms with van der Waals surface area (Å²) in [5.41, 5.74) is 2.77. The Balaban J connectivity index is 1.50. The van der Waals surface area contributed by atoms with Crippen molar-refractivity contribution < 1.29 is 9.53 Å². The molecule has 3 aromatic rings. The number of rotatable bonds is 6. The fraction of sp³-hybridized carbons (Fsp3) is 0.136. The number of allylic oxidation sites excluding steroid dienone is 1. The molecule has 0 unspecified atom stereocenters. The van der Waals surface area contributed by atoms with Crippen molar-refractivity contribution in [3.05, 3.63) is 78.6 Å². The number of para-hydroxylation sites is 3. The zero-order valence-corrected chi connectivity index (χ0v) is 14.8. The Morgan fingerprint density at radius 2 is 1.89 bits per heavy atom. The van der Waals surface area contributed by atoms with Crippen molar-refractivity contribution in [2.75, 3.05) is 13.2 Å². The Morgan fingerprint density at radius 3 is 2.74 bits per heavy atom. The molecule has 3 rings (SSSR count). The summed E-state index contributed by atoms with van der Waals surface area (Å²) >= 11 is 0. The second kappa shape index (κ2) is 9.16. The molecule has 0 fully saturated rings. The van der Waals surface area contributed by atoms with E-state index in [1.54, 1.807) is 0 Å². The van der Waals surface area contributed by atoms with Crippen LogP contribution in [0.25, 0.3) is 11.0 Å². The van der Waals surface area contributed by atoms with Gasteiger partial charge in [-0.3, -0.25) is 9.78 Å². The molecule has 1 N–H and O–H groups in total. The number of nitrogens with one attached hydrogen (secondary N) is 1. The van der Waals surface area contributed by atoms with E-state index in [0.717, 1.165) is 23.3 Å². The number of nitrogens with zero attached hydrogens (tertiary/aromatic N) is 2. The van der Waals surface area contributed by atoms with E-state index in [2.05, 4.69) is 33.7 Å². The van der Waals surface area contributed by atoms with Crippen molar-refractivity contribution in [1.82, 2.24) is 15.3 Å². The van der Waals surface area contributed by atoms with Gasteiger partial charge in [0.2, 0.25) is 0 Å². The fourth-order valence-electron chi connectivity index (χ4n) is 2.48. The molecule has 1 heterocycles. The summed E-state index contributed by atoms with van der Waals surface area (Å²) in [7, 11) is 0. The van der Waals surface area contributed by atoms with E-state index < -0.39 is 0 Å². The highest BCUT2D eigenvalue weighted by Crippen LogP contribution is 2.18. The lowest BCUT2D eigenvalue weighted by atomic mass is 10.1. The third-order valence-electron chi connectivity index (χ3n) is 3.78. The van der Waals surface area contributed by atoms with Gasteiger partial charge in [-0.05, 0) is 30.2 Å².